The summed E-state index contributed by atoms with van der Waals surface area (Å²) >= 11 is 0. The maximum Gasteiger partial charge on any atom is 0.166 e. The summed E-state index contributed by atoms with van der Waals surface area (Å²) in [5.74, 6) is 1.89. The molecule has 0 radical (unpaired) electrons. The number of aromatic nitrogens is 4. The summed E-state index contributed by atoms with van der Waals surface area (Å²) in [4.78, 5) is 15.2. The van der Waals surface area contributed by atoms with Crippen LogP contribution in [0.15, 0.2) is 170 Å². The van der Waals surface area contributed by atoms with Crippen LogP contribution in [0.5, 0.6) is 0 Å². The molecule has 2 N–H and O–H groups in total. The van der Waals surface area contributed by atoms with E-state index in [0.29, 0.717) is 24.1 Å². The molecule has 3 heterocycles. The molecule has 1 aliphatic heterocycles. The summed E-state index contributed by atoms with van der Waals surface area (Å²) < 4.78 is 2.36. The summed E-state index contributed by atoms with van der Waals surface area (Å²) in [5, 5.41) is 9.44. The largest absolute Gasteiger partial charge is 0.368 e. The number of fused-ring (bicyclic) bond motifs is 8. The second-order valence-electron chi connectivity index (χ2n) is 13.0. The van der Waals surface area contributed by atoms with Crippen molar-refractivity contribution in [1.29, 1.82) is 0 Å². The first-order chi connectivity index (χ1) is 25.7. The number of hydrogen-bond donors (Lipinski definition) is 2. The Kier molecular flexibility index (Phi) is 7.10. The molecule has 2 aromatic heterocycles. The molecular weight excluding hydrogens is 637 g/mol. The van der Waals surface area contributed by atoms with Gasteiger partial charge in [0, 0.05) is 38.8 Å². The highest BCUT2D eigenvalue weighted by atomic mass is 15.1. The third-order valence-electron chi connectivity index (χ3n) is 9.83. The van der Waals surface area contributed by atoms with E-state index in [1.54, 1.807) is 0 Å². The van der Waals surface area contributed by atoms with Gasteiger partial charge in [0.25, 0.3) is 0 Å². The molecule has 0 fully saturated rings. The molecule has 7 aromatic carbocycles. The van der Waals surface area contributed by atoms with Crippen LogP contribution < -0.4 is 10.6 Å². The summed E-state index contributed by atoms with van der Waals surface area (Å²) in [6.07, 6.45) is 0. The Balaban J connectivity index is 1.23. The fourth-order valence-electron chi connectivity index (χ4n) is 7.29. The van der Waals surface area contributed by atoms with Gasteiger partial charge in [-0.25, -0.2) is 15.0 Å². The predicted octanol–water partition coefficient (Wildman–Crippen LogP) is 11.1. The molecule has 52 heavy (non-hydrogen) atoms. The number of nitrogens with zero attached hydrogens (tertiary/aromatic N) is 4. The fraction of sp³-hybridized carbons (Fsp3) is 0.0217. The Morgan fingerprint density at radius 2 is 0.846 bits per heavy atom. The van der Waals surface area contributed by atoms with E-state index in [0.717, 1.165) is 67.0 Å². The lowest BCUT2D eigenvalue weighted by molar-refractivity contribution is 1.06. The van der Waals surface area contributed by atoms with E-state index >= 15 is 0 Å². The van der Waals surface area contributed by atoms with Gasteiger partial charge in [0.1, 0.15) is 0 Å². The maximum atomic E-state index is 5.12. The Morgan fingerprint density at radius 1 is 0.385 bits per heavy atom. The number of nitrogens with one attached hydrogen (secondary N) is 2. The first-order valence-corrected chi connectivity index (χ1v) is 17.5. The van der Waals surface area contributed by atoms with E-state index in [2.05, 4.69) is 124 Å². The van der Waals surface area contributed by atoms with Gasteiger partial charge in [0.2, 0.25) is 0 Å². The Labute approximate surface area is 301 Å². The molecule has 0 spiro atoms. The maximum absolute atomic E-state index is 5.12. The molecule has 6 nitrogen and oxygen atoms in total. The van der Waals surface area contributed by atoms with E-state index in [9.17, 15) is 0 Å². The van der Waals surface area contributed by atoms with Gasteiger partial charge in [-0.1, -0.05) is 109 Å². The van der Waals surface area contributed by atoms with Crippen molar-refractivity contribution < 1.29 is 0 Å². The highest BCUT2D eigenvalue weighted by molar-refractivity contribution is 6.12. The van der Waals surface area contributed by atoms with Crippen LogP contribution in [-0.2, 0) is 0 Å². The van der Waals surface area contributed by atoms with Crippen molar-refractivity contribution in [1.82, 2.24) is 19.5 Å². The van der Waals surface area contributed by atoms with Crippen molar-refractivity contribution in [3.63, 3.8) is 0 Å². The molecule has 0 unspecified atom stereocenters. The molecule has 9 aromatic rings. The van der Waals surface area contributed by atoms with Gasteiger partial charge >= 0.3 is 0 Å². The number of para-hydroxylation sites is 1. The number of rotatable bonds is 4. The zero-order valence-corrected chi connectivity index (χ0v) is 28.2. The monoisotopic (exact) mass is 668 g/mol. The third-order valence-corrected chi connectivity index (χ3v) is 9.83. The lowest BCUT2D eigenvalue weighted by atomic mass is 10.00. The normalized spacial score (nSPS) is 12.1. The van der Waals surface area contributed by atoms with Crippen molar-refractivity contribution in [2.24, 2.45) is 0 Å². The summed E-state index contributed by atoms with van der Waals surface area (Å²) in [7, 11) is 0. The van der Waals surface area contributed by atoms with E-state index in [1.807, 2.05) is 60.7 Å². The summed E-state index contributed by atoms with van der Waals surface area (Å²) in [6.45, 7) is 0.622. The van der Waals surface area contributed by atoms with E-state index < -0.39 is 0 Å². The molecule has 10 rings (SSSR count). The van der Waals surface area contributed by atoms with Crippen LogP contribution >= 0.6 is 0 Å². The van der Waals surface area contributed by atoms with Crippen LogP contribution in [-0.4, -0.2) is 26.2 Å². The summed E-state index contributed by atoms with van der Waals surface area (Å²) in [6, 6.07) is 59.5. The lowest BCUT2D eigenvalue weighted by Gasteiger charge is -2.15. The van der Waals surface area contributed by atoms with Gasteiger partial charge in [-0.2, -0.15) is 0 Å². The van der Waals surface area contributed by atoms with Crippen LogP contribution in [0.4, 0.5) is 11.4 Å². The van der Waals surface area contributed by atoms with Crippen molar-refractivity contribution in [3.05, 3.63) is 170 Å². The van der Waals surface area contributed by atoms with Crippen LogP contribution in [0.3, 0.4) is 0 Å². The number of benzene rings is 7. The van der Waals surface area contributed by atoms with E-state index in [1.165, 1.54) is 10.8 Å². The minimum atomic E-state index is 0.620. The molecule has 0 atom stereocenters. The molecule has 8 bridgehead atoms. The van der Waals surface area contributed by atoms with Crippen LogP contribution in [0, 0.1) is 0 Å². The number of anilines is 2. The molecule has 0 saturated carbocycles. The fourth-order valence-corrected chi connectivity index (χ4v) is 7.29. The zero-order valence-electron chi connectivity index (χ0n) is 28.2. The third kappa shape index (κ3) is 5.25. The predicted molar refractivity (Wildman–Crippen MR) is 213 cm³/mol. The van der Waals surface area contributed by atoms with Crippen LogP contribution in [0.25, 0.3) is 83.9 Å². The molecule has 246 valence electrons. The Hall–Kier alpha value is -7.05. The van der Waals surface area contributed by atoms with E-state index in [4.69, 9.17) is 15.0 Å². The van der Waals surface area contributed by atoms with Crippen molar-refractivity contribution in [3.8, 4) is 62.1 Å². The van der Waals surface area contributed by atoms with Gasteiger partial charge in [-0.3, -0.25) is 0 Å². The molecule has 1 aliphatic rings. The van der Waals surface area contributed by atoms with Crippen LogP contribution in [0.1, 0.15) is 0 Å². The number of hydrogen-bond acceptors (Lipinski definition) is 5. The molecular formula is C46H32N6. The van der Waals surface area contributed by atoms with Gasteiger partial charge in [0.15, 0.2) is 17.5 Å². The van der Waals surface area contributed by atoms with Crippen molar-refractivity contribution in [2.45, 2.75) is 0 Å². The van der Waals surface area contributed by atoms with Gasteiger partial charge < -0.3 is 15.2 Å². The highest BCUT2D eigenvalue weighted by Crippen LogP contribution is 2.40. The lowest BCUT2D eigenvalue weighted by Crippen LogP contribution is -2.11. The molecule has 0 saturated heterocycles. The zero-order chi connectivity index (χ0) is 34.4. The topological polar surface area (TPSA) is 67.7 Å². The molecule has 6 heteroatoms. The van der Waals surface area contributed by atoms with Gasteiger partial charge in [-0.15, -0.1) is 0 Å². The van der Waals surface area contributed by atoms with Gasteiger partial charge in [-0.05, 0) is 82.9 Å². The molecule has 0 aliphatic carbocycles. The second-order valence-corrected chi connectivity index (χ2v) is 13.0. The standard InChI is InChI=1S/C46H32N6/c1-3-11-30(12-4-1)44-49-45(31-13-5-2-6-14-31)51-46(50-44)38-19-7-8-20-41(38)52-42-23-21-34-27-39(42)40-28-35(22-24-43(40)52)33-16-10-18-37(26-33)48-29-47-36-17-9-15-32(34)25-36/h1-28,47-48H,29H2. The Bertz CT molecular complexity index is 2610. The first-order valence-electron chi connectivity index (χ1n) is 17.5. The van der Waals surface area contributed by atoms with Crippen molar-refractivity contribution >= 4 is 33.2 Å². The minimum Gasteiger partial charge on any atom is -0.368 e. The quantitative estimate of drug-likeness (QED) is 0.195. The SMILES string of the molecule is c1ccc(-c2nc(-c3ccccc3)nc(-c3ccccc3-n3c4ccc5cc4c4cc(ccc43)-c3cccc(c3)NCNc3cccc-5c3)n2)cc1. The smallest absolute Gasteiger partial charge is 0.166 e. The minimum absolute atomic E-state index is 0.620. The second kappa shape index (κ2) is 12.4. The van der Waals surface area contributed by atoms with E-state index in [-0.39, 0.29) is 0 Å². The first kappa shape index (κ1) is 29.8. The summed E-state index contributed by atoms with van der Waals surface area (Å²) in [5.41, 5.74) is 12.8. The van der Waals surface area contributed by atoms with Crippen molar-refractivity contribution in [2.75, 3.05) is 17.3 Å². The highest BCUT2D eigenvalue weighted by Gasteiger charge is 2.20. The average molecular weight is 669 g/mol. The van der Waals surface area contributed by atoms with Crippen LogP contribution in [0.2, 0.25) is 0 Å². The molecule has 0 amide bonds. The van der Waals surface area contributed by atoms with Gasteiger partial charge in [0.05, 0.1) is 23.4 Å². The Morgan fingerprint density at radius 3 is 1.40 bits per heavy atom. The average Bonchev–Trinajstić information content (AvgIpc) is 3.54.